The van der Waals surface area contributed by atoms with E-state index in [1.54, 1.807) is 31.3 Å². The topological polar surface area (TPSA) is 74.1 Å². The van der Waals surface area contributed by atoms with Crippen LogP contribution in [0.2, 0.25) is 0 Å². The zero-order chi connectivity index (χ0) is 21.9. The zero-order valence-corrected chi connectivity index (χ0v) is 17.7. The lowest BCUT2D eigenvalue weighted by Crippen LogP contribution is -2.53. The van der Waals surface area contributed by atoms with Crippen LogP contribution in [-0.2, 0) is 10.3 Å². The fraction of sp³-hybridized carbons (Fsp3) is 0.292. The number of hydrogen-bond donors (Lipinski definition) is 0. The van der Waals surface area contributed by atoms with E-state index >= 15 is 0 Å². The largest absolute Gasteiger partial charge is 0.450 e. The highest BCUT2D eigenvalue weighted by molar-refractivity contribution is 6.16. The Morgan fingerprint density at radius 2 is 1.71 bits per heavy atom. The van der Waals surface area contributed by atoms with Gasteiger partial charge in [0.15, 0.2) is 11.0 Å². The Morgan fingerprint density at radius 3 is 2.48 bits per heavy atom. The van der Waals surface area contributed by atoms with E-state index in [0.717, 1.165) is 6.54 Å². The molecule has 1 spiro atoms. The molecule has 2 aromatic carbocycles. The summed E-state index contributed by atoms with van der Waals surface area (Å²) in [6, 6.07) is 14.2. The van der Waals surface area contributed by atoms with Gasteiger partial charge < -0.3 is 19.1 Å². The van der Waals surface area contributed by atoms with Gasteiger partial charge in [0.1, 0.15) is 5.58 Å². The van der Waals surface area contributed by atoms with Crippen molar-refractivity contribution in [1.29, 1.82) is 0 Å². The number of rotatable bonds is 4. The van der Waals surface area contributed by atoms with Crippen molar-refractivity contribution < 1.29 is 14.0 Å². The third-order valence-electron chi connectivity index (χ3n) is 6.26. The number of nitrogens with zero attached hydrogens (tertiary/aromatic N) is 3. The Balaban J connectivity index is 1.83. The molecule has 2 aliphatic heterocycles. The number of likely N-dealkylation sites (N-methyl/N-ethyl adjacent to an activating group) is 1. The number of para-hydroxylation sites is 2. The van der Waals surface area contributed by atoms with E-state index in [-0.39, 0.29) is 22.7 Å². The molecule has 5 rings (SSSR count). The molecule has 3 heterocycles. The van der Waals surface area contributed by atoms with Gasteiger partial charge in [-0.25, -0.2) is 0 Å². The third kappa shape index (κ3) is 2.47. The fourth-order valence-corrected chi connectivity index (χ4v) is 4.89. The van der Waals surface area contributed by atoms with Gasteiger partial charge in [-0.15, -0.1) is 0 Å². The normalized spacial score (nSPS) is 19.7. The highest BCUT2D eigenvalue weighted by atomic mass is 16.3. The van der Waals surface area contributed by atoms with Crippen LogP contribution < -0.4 is 10.3 Å². The van der Waals surface area contributed by atoms with E-state index in [1.165, 1.54) is 9.80 Å². The molecule has 3 aromatic rings. The maximum Gasteiger partial charge on any atom is 0.291 e. The van der Waals surface area contributed by atoms with Crippen LogP contribution in [-0.4, -0.2) is 55.8 Å². The first kappa shape index (κ1) is 19.5. The van der Waals surface area contributed by atoms with Crippen molar-refractivity contribution >= 4 is 28.5 Å². The molecule has 2 aliphatic rings. The number of anilines is 1. The molecule has 0 radical (unpaired) electrons. The molecule has 0 N–H and O–H groups in total. The van der Waals surface area contributed by atoms with E-state index in [2.05, 4.69) is 0 Å². The van der Waals surface area contributed by atoms with Crippen LogP contribution in [0.5, 0.6) is 0 Å². The molecular weight excluding hydrogens is 394 g/mol. The quantitative estimate of drug-likeness (QED) is 0.652. The van der Waals surface area contributed by atoms with Crippen molar-refractivity contribution in [3.8, 4) is 0 Å². The monoisotopic (exact) mass is 417 g/mol. The van der Waals surface area contributed by atoms with Crippen LogP contribution in [0, 0.1) is 0 Å². The predicted molar refractivity (Wildman–Crippen MR) is 117 cm³/mol. The minimum atomic E-state index is -1.51. The third-order valence-corrected chi connectivity index (χ3v) is 6.26. The summed E-state index contributed by atoms with van der Waals surface area (Å²) < 4.78 is 5.97. The highest BCUT2D eigenvalue weighted by Gasteiger charge is 2.64. The van der Waals surface area contributed by atoms with Crippen molar-refractivity contribution in [3.63, 3.8) is 0 Å². The first-order valence-electron chi connectivity index (χ1n) is 10.3. The number of amides is 2. The van der Waals surface area contributed by atoms with Crippen molar-refractivity contribution in [2.45, 2.75) is 12.0 Å². The fourth-order valence-electron chi connectivity index (χ4n) is 4.89. The molecule has 1 atom stereocenters. The summed E-state index contributed by atoms with van der Waals surface area (Å²) in [6.07, 6.45) is 0.654. The molecule has 0 saturated carbocycles. The lowest BCUT2D eigenvalue weighted by Gasteiger charge is -2.34. The van der Waals surface area contributed by atoms with Gasteiger partial charge >= 0.3 is 0 Å². The molecule has 0 unspecified atom stereocenters. The second-order valence-electron chi connectivity index (χ2n) is 8.34. The summed E-state index contributed by atoms with van der Waals surface area (Å²) >= 11 is 0. The molecule has 1 aromatic heterocycles. The summed E-state index contributed by atoms with van der Waals surface area (Å²) in [5.74, 6) is -0.768. The van der Waals surface area contributed by atoms with E-state index in [1.807, 2.05) is 43.3 Å². The number of fused-ring (bicyclic) bond motifs is 5. The summed E-state index contributed by atoms with van der Waals surface area (Å²) in [5, 5.41) is 0.364. The summed E-state index contributed by atoms with van der Waals surface area (Å²) in [7, 11) is 5.59. The second-order valence-corrected chi connectivity index (χ2v) is 8.34. The SMILES string of the molecule is CN(C)CCCN1C(=O)c2oc3ccccc3c(=O)c2[C@]12C(=O)N(C)c1ccccc12. The van der Waals surface area contributed by atoms with Gasteiger partial charge in [0.25, 0.3) is 11.8 Å². The second kappa shape index (κ2) is 6.78. The molecule has 2 amide bonds. The molecule has 0 bridgehead atoms. The molecule has 0 aliphatic carbocycles. The van der Waals surface area contributed by atoms with Gasteiger partial charge in [-0.1, -0.05) is 30.3 Å². The van der Waals surface area contributed by atoms with Gasteiger partial charge in [-0.2, -0.15) is 0 Å². The molecule has 0 saturated heterocycles. The van der Waals surface area contributed by atoms with Gasteiger partial charge in [0.05, 0.1) is 10.9 Å². The van der Waals surface area contributed by atoms with Crippen molar-refractivity contribution in [2.75, 3.05) is 39.1 Å². The van der Waals surface area contributed by atoms with Crippen LogP contribution in [0.4, 0.5) is 5.69 Å². The Hall–Kier alpha value is -3.45. The van der Waals surface area contributed by atoms with Crippen molar-refractivity contribution in [1.82, 2.24) is 9.80 Å². The lowest BCUT2D eigenvalue weighted by atomic mass is 9.84. The summed E-state index contributed by atoms with van der Waals surface area (Å²) in [6.45, 7) is 1.07. The molecule has 0 fully saturated rings. The Kier molecular flexibility index (Phi) is 4.27. The standard InChI is InChI=1S/C24H23N3O4/c1-25(2)13-8-14-27-22(29)21-19(20(28)15-9-4-7-12-18(15)31-21)24(27)16-10-5-6-11-17(16)26(3)23(24)30/h4-7,9-12H,8,13-14H2,1-3H3/t24-/m1/s1. The Bertz CT molecular complexity index is 1300. The smallest absolute Gasteiger partial charge is 0.291 e. The Morgan fingerprint density at radius 1 is 1.00 bits per heavy atom. The van der Waals surface area contributed by atoms with Crippen LogP contribution in [0.15, 0.2) is 57.7 Å². The highest BCUT2D eigenvalue weighted by Crippen LogP contribution is 2.52. The minimum absolute atomic E-state index is 0.0352. The van der Waals surface area contributed by atoms with Crippen LogP contribution in [0.25, 0.3) is 11.0 Å². The van der Waals surface area contributed by atoms with Crippen LogP contribution in [0.1, 0.15) is 28.1 Å². The number of carbonyl (C=O) groups excluding carboxylic acids is 2. The average molecular weight is 417 g/mol. The molecule has 7 heteroatoms. The zero-order valence-electron chi connectivity index (χ0n) is 17.7. The first-order valence-corrected chi connectivity index (χ1v) is 10.3. The Labute approximate surface area is 179 Å². The van der Waals surface area contributed by atoms with Crippen LogP contribution >= 0.6 is 0 Å². The van der Waals surface area contributed by atoms with Gasteiger partial charge in [0.2, 0.25) is 5.76 Å². The van der Waals surface area contributed by atoms with E-state index in [9.17, 15) is 14.4 Å². The predicted octanol–water partition coefficient (Wildman–Crippen LogP) is 2.42. The lowest BCUT2D eigenvalue weighted by molar-refractivity contribution is -0.125. The molecule has 7 nitrogen and oxygen atoms in total. The molecule has 31 heavy (non-hydrogen) atoms. The van der Waals surface area contributed by atoms with Gasteiger partial charge in [-0.05, 0) is 45.3 Å². The summed E-state index contributed by atoms with van der Waals surface area (Å²) in [4.78, 5) is 46.2. The van der Waals surface area contributed by atoms with Crippen LogP contribution in [0.3, 0.4) is 0 Å². The number of benzene rings is 2. The summed E-state index contributed by atoms with van der Waals surface area (Å²) in [5.41, 5.74) is -0.0340. The van der Waals surface area contributed by atoms with Crippen molar-refractivity contribution in [2.24, 2.45) is 0 Å². The van der Waals surface area contributed by atoms with Gasteiger partial charge in [-0.3, -0.25) is 14.4 Å². The van der Waals surface area contributed by atoms with E-state index in [0.29, 0.717) is 35.2 Å². The number of hydrogen-bond acceptors (Lipinski definition) is 5. The maximum atomic E-state index is 13.8. The first-order chi connectivity index (χ1) is 14.9. The molecule has 158 valence electrons. The number of carbonyl (C=O) groups is 2. The minimum Gasteiger partial charge on any atom is -0.450 e. The molecular formula is C24H23N3O4. The van der Waals surface area contributed by atoms with E-state index in [4.69, 9.17) is 4.42 Å². The van der Waals surface area contributed by atoms with Crippen molar-refractivity contribution in [3.05, 3.63) is 75.6 Å². The van der Waals surface area contributed by atoms with Gasteiger partial charge in [0, 0.05) is 24.8 Å². The maximum absolute atomic E-state index is 13.8. The van der Waals surface area contributed by atoms with E-state index < -0.39 is 11.4 Å². The average Bonchev–Trinajstić information content (AvgIpc) is 3.14.